The summed E-state index contributed by atoms with van der Waals surface area (Å²) in [4.78, 5) is 0. The first kappa shape index (κ1) is 9.83. The van der Waals surface area contributed by atoms with Crippen molar-refractivity contribution in [1.29, 1.82) is 0 Å². The molecule has 0 bridgehead atoms. The summed E-state index contributed by atoms with van der Waals surface area (Å²) in [6, 6.07) is 0. The van der Waals surface area contributed by atoms with Gasteiger partial charge >= 0.3 is 0 Å². The maximum Gasteiger partial charge on any atom is -0.0205 e. The Bertz CT molecular complexity index is 133. The molecule has 1 fully saturated rings. The molecule has 0 aromatic heterocycles. The third-order valence-electron chi connectivity index (χ3n) is 3.17. The van der Waals surface area contributed by atoms with Crippen molar-refractivity contribution in [3.05, 3.63) is 12.7 Å². The van der Waals surface area contributed by atoms with Gasteiger partial charge in [-0.25, -0.2) is 0 Å². The molecule has 0 spiro atoms. The third-order valence-corrected chi connectivity index (χ3v) is 3.17. The van der Waals surface area contributed by atoms with E-state index in [4.69, 9.17) is 0 Å². The smallest absolute Gasteiger partial charge is 0.0205 e. The van der Waals surface area contributed by atoms with E-state index in [1.54, 1.807) is 0 Å². The Balaban J connectivity index is 2.41. The minimum Gasteiger partial charge on any atom is -0.103 e. The Morgan fingerprint density at radius 3 is 2.42 bits per heavy atom. The van der Waals surface area contributed by atoms with Crippen LogP contribution in [0, 0.1) is 17.8 Å². The second kappa shape index (κ2) is 4.69. The molecule has 2 unspecified atom stereocenters. The molecule has 0 aromatic rings. The lowest BCUT2D eigenvalue weighted by Gasteiger charge is -2.22. The molecule has 0 aliphatic heterocycles. The number of hydrogen-bond donors (Lipinski definition) is 0. The molecular weight excluding hydrogens is 144 g/mol. The maximum absolute atomic E-state index is 3.96. The molecule has 0 saturated heterocycles. The first-order valence-electron chi connectivity index (χ1n) is 5.46. The zero-order chi connectivity index (χ0) is 8.97. The highest BCUT2D eigenvalue weighted by atomic mass is 14.4. The SMILES string of the molecule is C=CC(CCC)C(CC)C1CC1. The molecule has 1 rings (SSSR count). The van der Waals surface area contributed by atoms with E-state index in [1.165, 1.54) is 32.1 Å². The Morgan fingerprint density at radius 1 is 1.42 bits per heavy atom. The van der Waals surface area contributed by atoms with Gasteiger partial charge in [-0.1, -0.05) is 32.8 Å². The van der Waals surface area contributed by atoms with Gasteiger partial charge in [0.05, 0.1) is 0 Å². The molecule has 0 aromatic carbocycles. The standard InChI is InChI=1S/C12H22/c1-4-7-10(5-2)12(6-3)11-8-9-11/h5,10-12H,2,4,6-9H2,1,3H3. The minimum atomic E-state index is 0.799. The van der Waals surface area contributed by atoms with Crippen LogP contribution in [0.2, 0.25) is 0 Å². The second-order valence-corrected chi connectivity index (χ2v) is 4.10. The van der Waals surface area contributed by atoms with Crippen molar-refractivity contribution in [2.45, 2.75) is 46.0 Å². The van der Waals surface area contributed by atoms with Crippen LogP contribution in [-0.4, -0.2) is 0 Å². The van der Waals surface area contributed by atoms with E-state index in [1.807, 2.05) is 0 Å². The fourth-order valence-corrected chi connectivity index (χ4v) is 2.35. The van der Waals surface area contributed by atoms with Gasteiger partial charge in [0.25, 0.3) is 0 Å². The molecule has 1 aliphatic carbocycles. The summed E-state index contributed by atoms with van der Waals surface area (Å²) in [5.41, 5.74) is 0. The van der Waals surface area contributed by atoms with Crippen molar-refractivity contribution in [2.75, 3.05) is 0 Å². The predicted molar refractivity (Wildman–Crippen MR) is 55.1 cm³/mol. The van der Waals surface area contributed by atoms with Gasteiger partial charge in [-0.2, -0.15) is 0 Å². The lowest BCUT2D eigenvalue weighted by atomic mass is 9.83. The van der Waals surface area contributed by atoms with Gasteiger partial charge in [0.15, 0.2) is 0 Å². The molecule has 1 aliphatic rings. The highest BCUT2D eigenvalue weighted by Gasteiger charge is 2.33. The fraction of sp³-hybridized carbons (Fsp3) is 0.833. The largest absolute Gasteiger partial charge is 0.103 e. The molecule has 1 saturated carbocycles. The van der Waals surface area contributed by atoms with Crippen LogP contribution < -0.4 is 0 Å². The van der Waals surface area contributed by atoms with E-state index in [2.05, 4.69) is 26.5 Å². The van der Waals surface area contributed by atoms with Crippen molar-refractivity contribution >= 4 is 0 Å². The van der Waals surface area contributed by atoms with Crippen molar-refractivity contribution in [3.8, 4) is 0 Å². The number of rotatable bonds is 6. The van der Waals surface area contributed by atoms with E-state index in [-0.39, 0.29) is 0 Å². The number of hydrogen-bond acceptors (Lipinski definition) is 0. The van der Waals surface area contributed by atoms with E-state index in [0.29, 0.717) is 0 Å². The Labute approximate surface area is 77.1 Å². The van der Waals surface area contributed by atoms with Crippen LogP contribution in [0.1, 0.15) is 46.0 Å². The van der Waals surface area contributed by atoms with Gasteiger partial charge in [0.1, 0.15) is 0 Å². The van der Waals surface area contributed by atoms with Crippen molar-refractivity contribution in [3.63, 3.8) is 0 Å². The van der Waals surface area contributed by atoms with Gasteiger partial charge in [-0.05, 0) is 37.0 Å². The topological polar surface area (TPSA) is 0 Å². The Kier molecular flexibility index (Phi) is 3.84. The summed E-state index contributed by atoms with van der Waals surface area (Å²) in [7, 11) is 0. The Morgan fingerprint density at radius 2 is 2.08 bits per heavy atom. The highest BCUT2D eigenvalue weighted by molar-refractivity contribution is 4.91. The number of allylic oxidation sites excluding steroid dienone is 1. The summed E-state index contributed by atoms with van der Waals surface area (Å²) in [5, 5.41) is 0. The average molecular weight is 166 g/mol. The van der Waals surface area contributed by atoms with E-state index < -0.39 is 0 Å². The lowest BCUT2D eigenvalue weighted by molar-refractivity contribution is 0.320. The summed E-state index contributed by atoms with van der Waals surface area (Å²) in [6.45, 7) is 8.56. The molecular formula is C12H22. The van der Waals surface area contributed by atoms with Gasteiger partial charge in [0.2, 0.25) is 0 Å². The summed E-state index contributed by atoms with van der Waals surface area (Å²) in [5.74, 6) is 2.79. The third kappa shape index (κ3) is 2.36. The summed E-state index contributed by atoms with van der Waals surface area (Å²) >= 11 is 0. The normalized spacial score (nSPS) is 21.8. The highest BCUT2D eigenvalue weighted by Crippen LogP contribution is 2.43. The molecule has 70 valence electrons. The van der Waals surface area contributed by atoms with Crippen LogP contribution in [0.3, 0.4) is 0 Å². The van der Waals surface area contributed by atoms with Crippen LogP contribution in [-0.2, 0) is 0 Å². The van der Waals surface area contributed by atoms with Gasteiger partial charge in [-0.3, -0.25) is 0 Å². The zero-order valence-electron chi connectivity index (χ0n) is 8.55. The van der Waals surface area contributed by atoms with Crippen LogP contribution in [0.15, 0.2) is 12.7 Å². The average Bonchev–Trinajstić information content (AvgIpc) is 2.88. The molecule has 0 nitrogen and oxygen atoms in total. The van der Waals surface area contributed by atoms with E-state index in [9.17, 15) is 0 Å². The lowest BCUT2D eigenvalue weighted by Crippen LogP contribution is -2.13. The predicted octanol–water partition coefficient (Wildman–Crippen LogP) is 4.02. The zero-order valence-corrected chi connectivity index (χ0v) is 8.55. The van der Waals surface area contributed by atoms with Crippen LogP contribution in [0.4, 0.5) is 0 Å². The van der Waals surface area contributed by atoms with Gasteiger partial charge in [-0.15, -0.1) is 6.58 Å². The summed E-state index contributed by atoms with van der Waals surface area (Å²) < 4.78 is 0. The van der Waals surface area contributed by atoms with Crippen molar-refractivity contribution in [2.24, 2.45) is 17.8 Å². The first-order chi connectivity index (χ1) is 5.83. The molecule has 2 atom stereocenters. The van der Waals surface area contributed by atoms with E-state index in [0.717, 1.165) is 17.8 Å². The van der Waals surface area contributed by atoms with Crippen molar-refractivity contribution < 1.29 is 0 Å². The molecule has 0 radical (unpaired) electrons. The van der Waals surface area contributed by atoms with Crippen LogP contribution in [0.5, 0.6) is 0 Å². The molecule has 0 N–H and O–H groups in total. The molecule has 0 heterocycles. The van der Waals surface area contributed by atoms with Crippen LogP contribution in [0.25, 0.3) is 0 Å². The first-order valence-corrected chi connectivity index (χ1v) is 5.46. The fourth-order valence-electron chi connectivity index (χ4n) is 2.35. The van der Waals surface area contributed by atoms with Gasteiger partial charge < -0.3 is 0 Å². The van der Waals surface area contributed by atoms with Crippen molar-refractivity contribution in [1.82, 2.24) is 0 Å². The van der Waals surface area contributed by atoms with Crippen LogP contribution >= 0.6 is 0 Å². The minimum absolute atomic E-state index is 0.799. The maximum atomic E-state index is 3.96. The summed E-state index contributed by atoms with van der Waals surface area (Å²) in [6.07, 6.45) is 9.15. The second-order valence-electron chi connectivity index (χ2n) is 4.10. The molecule has 0 heteroatoms. The monoisotopic (exact) mass is 166 g/mol. The molecule has 12 heavy (non-hydrogen) atoms. The molecule has 0 amide bonds. The van der Waals surface area contributed by atoms with Gasteiger partial charge in [0, 0.05) is 0 Å². The van der Waals surface area contributed by atoms with E-state index >= 15 is 0 Å². The quantitative estimate of drug-likeness (QED) is 0.523. The Hall–Kier alpha value is -0.260.